The Morgan fingerprint density at radius 1 is 1.44 bits per heavy atom. The predicted octanol–water partition coefficient (Wildman–Crippen LogP) is -1.44. The van der Waals surface area contributed by atoms with Gasteiger partial charge in [-0.25, -0.2) is 0 Å². The zero-order valence-corrected chi connectivity index (χ0v) is 5.25. The highest BCUT2D eigenvalue weighted by Crippen LogP contribution is 1.79. The maximum absolute atomic E-state index is 10.4. The molecule has 0 aromatic heterocycles. The van der Waals surface area contributed by atoms with Crippen LogP contribution >= 0.6 is 12.2 Å². The molecule has 0 unspecified atom stereocenters. The van der Waals surface area contributed by atoms with Crippen LogP contribution in [0.5, 0.6) is 0 Å². The Hall–Kier alpha value is -0.970. The summed E-state index contributed by atoms with van der Waals surface area (Å²) in [7, 11) is 0. The number of amides is 1. The van der Waals surface area contributed by atoms with Crippen molar-refractivity contribution in [1.29, 1.82) is 0 Å². The van der Waals surface area contributed by atoms with Crippen LogP contribution < -0.4 is 10.6 Å². The molecular weight excluding hydrogens is 140 g/mol. The SMILES string of the molecule is O=C1CNC(=S)NC1=O. The summed E-state index contributed by atoms with van der Waals surface area (Å²) in [5.74, 6) is -1.11. The Bertz CT molecular complexity index is 189. The third-order valence-corrected chi connectivity index (χ3v) is 1.14. The summed E-state index contributed by atoms with van der Waals surface area (Å²) in [6.07, 6.45) is 0. The molecule has 2 N–H and O–H groups in total. The second-order valence-electron chi connectivity index (χ2n) is 1.56. The Kier molecular flexibility index (Phi) is 1.44. The van der Waals surface area contributed by atoms with Crippen LogP contribution in [0.25, 0.3) is 0 Å². The van der Waals surface area contributed by atoms with Gasteiger partial charge in [0.2, 0.25) is 5.78 Å². The Morgan fingerprint density at radius 3 is 2.56 bits per heavy atom. The monoisotopic (exact) mass is 144 g/mol. The molecule has 0 saturated carbocycles. The van der Waals surface area contributed by atoms with Crippen molar-refractivity contribution in [1.82, 2.24) is 10.6 Å². The number of carbonyl (C=O) groups excluding carboxylic acids is 2. The first-order chi connectivity index (χ1) is 4.20. The van der Waals surface area contributed by atoms with Gasteiger partial charge in [-0.1, -0.05) is 0 Å². The lowest BCUT2D eigenvalue weighted by Crippen LogP contribution is -2.52. The van der Waals surface area contributed by atoms with Crippen LogP contribution in [0, 0.1) is 0 Å². The Morgan fingerprint density at radius 2 is 2.11 bits per heavy atom. The number of hydrogen-bond donors (Lipinski definition) is 2. The predicted molar refractivity (Wildman–Crippen MR) is 33.8 cm³/mol. The molecule has 0 spiro atoms. The second-order valence-corrected chi connectivity index (χ2v) is 1.97. The average Bonchev–Trinajstić information content (AvgIpc) is 1.80. The number of carbonyl (C=O) groups is 2. The fourth-order valence-corrected chi connectivity index (χ4v) is 0.623. The van der Waals surface area contributed by atoms with Gasteiger partial charge in [0.05, 0.1) is 6.54 Å². The molecule has 1 fully saturated rings. The van der Waals surface area contributed by atoms with Gasteiger partial charge in [0.1, 0.15) is 0 Å². The molecular formula is C4H4N2O2S. The molecule has 0 radical (unpaired) electrons. The summed E-state index contributed by atoms with van der Waals surface area (Å²) in [6, 6.07) is 0. The van der Waals surface area contributed by atoms with Gasteiger partial charge in [-0.15, -0.1) is 0 Å². The normalized spacial score (nSPS) is 18.9. The summed E-state index contributed by atoms with van der Waals surface area (Å²) < 4.78 is 0. The summed E-state index contributed by atoms with van der Waals surface area (Å²) in [5, 5.41) is 4.89. The fraction of sp³-hybridized carbons (Fsp3) is 0.250. The van der Waals surface area contributed by atoms with Gasteiger partial charge in [0, 0.05) is 0 Å². The molecule has 1 heterocycles. The molecule has 5 heteroatoms. The molecule has 4 nitrogen and oxygen atoms in total. The van der Waals surface area contributed by atoms with Crippen molar-refractivity contribution < 1.29 is 9.59 Å². The van der Waals surface area contributed by atoms with Gasteiger partial charge in [0.15, 0.2) is 5.11 Å². The van der Waals surface area contributed by atoms with E-state index in [4.69, 9.17) is 0 Å². The molecule has 1 aliphatic rings. The van der Waals surface area contributed by atoms with E-state index in [0.29, 0.717) is 0 Å². The first kappa shape index (κ1) is 6.15. The molecule has 9 heavy (non-hydrogen) atoms. The highest BCUT2D eigenvalue weighted by molar-refractivity contribution is 7.80. The zero-order valence-electron chi connectivity index (χ0n) is 4.43. The van der Waals surface area contributed by atoms with Crippen LogP contribution in [0.4, 0.5) is 0 Å². The lowest BCUT2D eigenvalue weighted by atomic mass is 10.3. The van der Waals surface area contributed by atoms with Crippen molar-refractivity contribution in [3.05, 3.63) is 0 Å². The van der Waals surface area contributed by atoms with Crippen LogP contribution in [-0.4, -0.2) is 23.3 Å². The summed E-state index contributed by atoms with van der Waals surface area (Å²) in [5.41, 5.74) is 0. The molecule has 0 aromatic rings. The first-order valence-corrected chi connectivity index (χ1v) is 2.73. The molecule has 0 aromatic carbocycles. The van der Waals surface area contributed by atoms with Gasteiger partial charge in [-0.2, -0.15) is 0 Å². The van der Waals surface area contributed by atoms with E-state index in [1.54, 1.807) is 0 Å². The van der Waals surface area contributed by atoms with Crippen molar-refractivity contribution in [2.45, 2.75) is 0 Å². The maximum Gasteiger partial charge on any atom is 0.295 e. The highest BCUT2D eigenvalue weighted by atomic mass is 32.1. The summed E-state index contributed by atoms with van der Waals surface area (Å²) in [4.78, 5) is 20.8. The van der Waals surface area contributed by atoms with Crippen LogP contribution in [0.15, 0.2) is 0 Å². The minimum Gasteiger partial charge on any atom is -0.355 e. The number of nitrogens with one attached hydrogen (secondary N) is 2. The molecule has 0 bridgehead atoms. The molecule has 0 atom stereocenters. The molecule has 48 valence electrons. The first-order valence-electron chi connectivity index (χ1n) is 2.32. The van der Waals surface area contributed by atoms with Crippen LogP contribution in [0.2, 0.25) is 0 Å². The van der Waals surface area contributed by atoms with E-state index < -0.39 is 11.7 Å². The van der Waals surface area contributed by atoms with Crippen molar-refractivity contribution in [2.24, 2.45) is 0 Å². The second kappa shape index (κ2) is 2.10. The molecule has 1 rings (SSSR count). The van der Waals surface area contributed by atoms with Crippen molar-refractivity contribution in [2.75, 3.05) is 6.54 Å². The number of Topliss-reactive ketones (excluding diaryl/α,β-unsaturated/α-hetero) is 1. The quantitative estimate of drug-likeness (QED) is 0.323. The molecule has 0 aliphatic carbocycles. The fourth-order valence-electron chi connectivity index (χ4n) is 0.458. The number of ketones is 1. The Balaban J connectivity index is 2.64. The smallest absolute Gasteiger partial charge is 0.295 e. The lowest BCUT2D eigenvalue weighted by Gasteiger charge is -2.12. The van der Waals surface area contributed by atoms with E-state index in [9.17, 15) is 9.59 Å². The maximum atomic E-state index is 10.4. The van der Waals surface area contributed by atoms with Gasteiger partial charge in [-0.05, 0) is 12.2 Å². The highest BCUT2D eigenvalue weighted by Gasteiger charge is 2.19. The van der Waals surface area contributed by atoms with Gasteiger partial charge in [0.25, 0.3) is 5.91 Å². The number of rotatable bonds is 0. The summed E-state index contributed by atoms with van der Waals surface area (Å²) in [6.45, 7) is 0.0185. The van der Waals surface area contributed by atoms with Gasteiger partial charge in [-0.3, -0.25) is 14.9 Å². The van der Waals surface area contributed by atoms with E-state index >= 15 is 0 Å². The standard InChI is InChI=1S/C4H4N2O2S/c7-2-1-5-4(9)6-3(2)8/h1H2,(H2,5,6,8,9). The third kappa shape index (κ3) is 1.23. The van der Waals surface area contributed by atoms with E-state index in [-0.39, 0.29) is 11.7 Å². The minimum absolute atomic E-state index is 0.0185. The van der Waals surface area contributed by atoms with E-state index in [1.807, 2.05) is 0 Å². The zero-order chi connectivity index (χ0) is 6.85. The minimum atomic E-state index is -0.626. The topological polar surface area (TPSA) is 58.2 Å². The van der Waals surface area contributed by atoms with Gasteiger partial charge >= 0.3 is 0 Å². The van der Waals surface area contributed by atoms with Gasteiger partial charge < -0.3 is 5.32 Å². The van der Waals surface area contributed by atoms with Crippen molar-refractivity contribution in [3.8, 4) is 0 Å². The average molecular weight is 144 g/mol. The number of hydrogen-bond acceptors (Lipinski definition) is 3. The largest absolute Gasteiger partial charge is 0.355 e. The van der Waals surface area contributed by atoms with Crippen LogP contribution in [0.1, 0.15) is 0 Å². The Labute approximate surface area is 56.6 Å². The third-order valence-electron chi connectivity index (χ3n) is 0.890. The van der Waals surface area contributed by atoms with Crippen LogP contribution in [-0.2, 0) is 9.59 Å². The lowest BCUT2D eigenvalue weighted by molar-refractivity contribution is -0.137. The molecule has 1 aliphatic heterocycles. The van der Waals surface area contributed by atoms with Crippen LogP contribution in [0.3, 0.4) is 0 Å². The van der Waals surface area contributed by atoms with E-state index in [1.165, 1.54) is 0 Å². The number of thiocarbonyl (C=S) groups is 1. The van der Waals surface area contributed by atoms with E-state index in [0.717, 1.165) is 0 Å². The molecule has 1 amide bonds. The summed E-state index contributed by atoms with van der Waals surface area (Å²) >= 11 is 4.54. The van der Waals surface area contributed by atoms with E-state index in [2.05, 4.69) is 22.9 Å². The van der Waals surface area contributed by atoms with Crippen molar-refractivity contribution in [3.63, 3.8) is 0 Å². The molecule has 1 saturated heterocycles. The van der Waals surface area contributed by atoms with Crippen molar-refractivity contribution >= 4 is 29.0 Å².